The van der Waals surface area contributed by atoms with Crippen molar-refractivity contribution < 1.29 is 38.6 Å². The maximum Gasteiger partial charge on any atom is 0.408 e. The number of benzene rings is 3. The first kappa shape index (κ1) is 40.7. The van der Waals surface area contributed by atoms with Crippen LogP contribution >= 0.6 is 0 Å². The lowest BCUT2D eigenvalue weighted by Crippen LogP contribution is -2.63. The fraction of sp³-hybridized carbons (Fsp3) is 0.439. The topological polar surface area (TPSA) is 163 Å². The molecule has 1 aliphatic heterocycles. The van der Waals surface area contributed by atoms with Crippen LogP contribution in [0.2, 0.25) is 0 Å². The molecule has 0 aliphatic carbocycles. The molecule has 284 valence electrons. The summed E-state index contributed by atoms with van der Waals surface area (Å²) in [5.41, 5.74) is 2.17. The lowest BCUT2D eigenvalue weighted by Gasteiger charge is -2.36. The fourth-order valence-electron chi connectivity index (χ4n) is 6.18. The first-order chi connectivity index (χ1) is 25.4. The van der Waals surface area contributed by atoms with Gasteiger partial charge < -0.3 is 30.5 Å². The Morgan fingerprint density at radius 1 is 0.774 bits per heavy atom. The fourth-order valence-corrected chi connectivity index (χ4v) is 6.18. The van der Waals surface area contributed by atoms with Crippen molar-refractivity contribution in [3.63, 3.8) is 0 Å². The summed E-state index contributed by atoms with van der Waals surface area (Å²) in [5.74, 6) is -3.96. The van der Waals surface area contributed by atoms with E-state index in [0.29, 0.717) is 24.9 Å². The van der Waals surface area contributed by atoms with Crippen LogP contribution in [0.25, 0.3) is 0 Å². The third kappa shape index (κ3) is 12.3. The molecule has 1 aliphatic rings. The average molecular weight is 729 g/mol. The van der Waals surface area contributed by atoms with Crippen LogP contribution in [-0.2, 0) is 48.3 Å². The predicted molar refractivity (Wildman–Crippen MR) is 199 cm³/mol. The van der Waals surface area contributed by atoms with Crippen LogP contribution in [0.3, 0.4) is 0 Å². The van der Waals surface area contributed by atoms with Crippen molar-refractivity contribution in [2.45, 2.75) is 96.9 Å². The van der Waals surface area contributed by atoms with Crippen LogP contribution in [0.1, 0.15) is 63.6 Å². The zero-order valence-electron chi connectivity index (χ0n) is 30.9. The van der Waals surface area contributed by atoms with E-state index in [1.807, 2.05) is 56.3 Å². The van der Waals surface area contributed by atoms with Gasteiger partial charge in [0.1, 0.15) is 37.4 Å². The molecular formula is C41H52N4O8. The molecule has 0 radical (unpaired) electrons. The first-order valence-electron chi connectivity index (χ1n) is 18.2. The van der Waals surface area contributed by atoms with Gasteiger partial charge in [-0.05, 0) is 54.3 Å². The molecule has 0 aromatic heterocycles. The molecule has 3 aromatic rings. The zero-order chi connectivity index (χ0) is 38.3. The van der Waals surface area contributed by atoms with Gasteiger partial charge in [0.25, 0.3) is 11.8 Å². The number of rotatable bonds is 17. The quantitative estimate of drug-likeness (QED) is 0.149. The summed E-state index contributed by atoms with van der Waals surface area (Å²) in [6.45, 7) is 7.65. The summed E-state index contributed by atoms with van der Waals surface area (Å²) < 4.78 is 11.0. The Bertz CT molecular complexity index is 1630. The van der Waals surface area contributed by atoms with Gasteiger partial charge in [-0.1, -0.05) is 119 Å². The zero-order valence-corrected chi connectivity index (χ0v) is 30.9. The third-order valence-electron chi connectivity index (χ3n) is 9.04. The molecule has 53 heavy (non-hydrogen) atoms. The number of hydrogen-bond donors (Lipinski definition) is 4. The predicted octanol–water partition coefficient (Wildman–Crippen LogP) is 4.29. The van der Waals surface area contributed by atoms with Crippen LogP contribution in [0.15, 0.2) is 91.0 Å². The van der Waals surface area contributed by atoms with E-state index in [0.717, 1.165) is 16.0 Å². The van der Waals surface area contributed by atoms with E-state index in [-0.39, 0.29) is 32.0 Å². The van der Waals surface area contributed by atoms with Crippen molar-refractivity contribution >= 4 is 29.8 Å². The number of carbonyl (C=O) groups excluding carboxylic acids is 5. The Balaban J connectivity index is 1.67. The van der Waals surface area contributed by atoms with Crippen molar-refractivity contribution in [3.8, 4) is 0 Å². The molecule has 12 heteroatoms. The highest BCUT2D eigenvalue weighted by atomic mass is 16.5. The lowest BCUT2D eigenvalue weighted by molar-refractivity contribution is -0.160. The molecule has 5 atom stereocenters. The Hall–Kier alpha value is -5.07. The van der Waals surface area contributed by atoms with E-state index in [1.54, 1.807) is 62.4 Å². The number of hydrogen-bond acceptors (Lipinski definition) is 9. The van der Waals surface area contributed by atoms with Crippen LogP contribution in [0.4, 0.5) is 4.79 Å². The number of ether oxygens (including phenoxy) is 2. The van der Waals surface area contributed by atoms with Crippen molar-refractivity contribution in [1.82, 2.24) is 20.9 Å². The minimum absolute atomic E-state index is 0.00845. The van der Waals surface area contributed by atoms with E-state index in [1.165, 1.54) is 0 Å². The van der Waals surface area contributed by atoms with E-state index >= 15 is 0 Å². The lowest BCUT2D eigenvalue weighted by atomic mass is 9.96. The standard InChI is InChI=1S/C41H52N4O8/c1-27(2)23-34(37(47)44-35(28(3)4)40(50)52-25-30-17-10-6-11-18-30)45(39(49)36(46)32-21-14-22-42-32)38(48)33(24-29-15-8-5-9-16-29)43-41(51)53-26-31-19-12-7-13-20-31/h5-13,15-20,27-28,32-36,42,46H,14,21-26H2,1-4H3,(H,43,51)(H,44,47)/t32?,33-,34+,35-,36?/m0/s1. The second-order valence-electron chi connectivity index (χ2n) is 14.1. The Morgan fingerprint density at radius 3 is 1.83 bits per heavy atom. The minimum Gasteiger partial charge on any atom is -0.459 e. The molecule has 0 bridgehead atoms. The van der Waals surface area contributed by atoms with Gasteiger partial charge >= 0.3 is 12.1 Å². The minimum atomic E-state index is -1.66. The molecule has 4 N–H and O–H groups in total. The van der Waals surface area contributed by atoms with E-state index in [4.69, 9.17) is 9.47 Å². The van der Waals surface area contributed by atoms with E-state index < -0.39 is 66.0 Å². The van der Waals surface area contributed by atoms with Crippen LogP contribution in [-0.4, -0.2) is 76.6 Å². The Kier molecular flexibility index (Phi) is 15.5. The van der Waals surface area contributed by atoms with E-state index in [2.05, 4.69) is 16.0 Å². The molecular weight excluding hydrogens is 676 g/mol. The molecule has 1 fully saturated rings. The van der Waals surface area contributed by atoms with Gasteiger partial charge in [0.2, 0.25) is 5.91 Å². The number of aliphatic hydroxyl groups is 1. The van der Waals surface area contributed by atoms with Gasteiger partial charge in [0, 0.05) is 12.5 Å². The van der Waals surface area contributed by atoms with Gasteiger partial charge in [0.15, 0.2) is 0 Å². The van der Waals surface area contributed by atoms with Gasteiger partial charge in [-0.15, -0.1) is 0 Å². The summed E-state index contributed by atoms with van der Waals surface area (Å²) in [5, 5.41) is 19.9. The summed E-state index contributed by atoms with van der Waals surface area (Å²) in [6, 6.07) is 22.5. The SMILES string of the molecule is CC(C)C[C@H](C(=O)N[C@H](C(=O)OCc1ccccc1)C(C)C)N(C(=O)C(O)C1CCCN1)C(=O)[C@H](Cc1ccccc1)NC(=O)OCc1ccccc1. The van der Waals surface area contributed by atoms with Crippen LogP contribution in [0, 0.1) is 11.8 Å². The molecule has 1 heterocycles. The van der Waals surface area contributed by atoms with Gasteiger partial charge in [-0.2, -0.15) is 0 Å². The highest BCUT2D eigenvalue weighted by Crippen LogP contribution is 2.21. The van der Waals surface area contributed by atoms with Gasteiger partial charge in [0.05, 0.1) is 0 Å². The monoisotopic (exact) mass is 728 g/mol. The molecule has 3 aromatic carbocycles. The summed E-state index contributed by atoms with van der Waals surface area (Å²) >= 11 is 0. The summed E-state index contributed by atoms with van der Waals surface area (Å²) in [6.07, 6.45) is -1.41. The molecule has 4 amide bonds. The summed E-state index contributed by atoms with van der Waals surface area (Å²) in [7, 11) is 0. The number of imide groups is 1. The molecule has 2 unspecified atom stereocenters. The molecule has 4 rings (SSSR count). The molecule has 12 nitrogen and oxygen atoms in total. The number of nitrogens with one attached hydrogen (secondary N) is 3. The largest absolute Gasteiger partial charge is 0.459 e. The van der Waals surface area contributed by atoms with Crippen molar-refractivity contribution in [1.29, 1.82) is 0 Å². The average Bonchev–Trinajstić information content (AvgIpc) is 3.70. The number of alkyl carbamates (subject to hydrolysis) is 1. The second-order valence-corrected chi connectivity index (χ2v) is 14.1. The maximum atomic E-state index is 14.8. The molecule has 0 spiro atoms. The number of nitrogens with zero attached hydrogens (tertiary/aromatic N) is 1. The van der Waals surface area contributed by atoms with Gasteiger partial charge in [-0.3, -0.25) is 19.3 Å². The summed E-state index contributed by atoms with van der Waals surface area (Å²) in [4.78, 5) is 70.9. The number of esters is 1. The molecule has 0 saturated carbocycles. The highest BCUT2D eigenvalue weighted by Gasteiger charge is 2.44. The number of amides is 4. The normalized spacial score (nSPS) is 16.2. The van der Waals surface area contributed by atoms with Crippen LogP contribution < -0.4 is 16.0 Å². The number of aliphatic hydroxyl groups excluding tert-OH is 1. The molecule has 1 saturated heterocycles. The van der Waals surface area contributed by atoms with Crippen molar-refractivity contribution in [2.75, 3.05) is 6.54 Å². The highest BCUT2D eigenvalue weighted by molar-refractivity contribution is 6.05. The Morgan fingerprint density at radius 2 is 1.32 bits per heavy atom. The smallest absolute Gasteiger partial charge is 0.408 e. The van der Waals surface area contributed by atoms with Gasteiger partial charge in [-0.25, -0.2) is 9.59 Å². The third-order valence-corrected chi connectivity index (χ3v) is 9.04. The number of carbonyl (C=O) groups is 5. The van der Waals surface area contributed by atoms with E-state index in [9.17, 15) is 29.1 Å². The van der Waals surface area contributed by atoms with Crippen LogP contribution in [0.5, 0.6) is 0 Å². The maximum absolute atomic E-state index is 14.8. The van der Waals surface area contributed by atoms with Crippen molar-refractivity contribution in [3.05, 3.63) is 108 Å². The second kappa shape index (κ2) is 20.2. The Labute approximate surface area is 311 Å². The first-order valence-corrected chi connectivity index (χ1v) is 18.2. The van der Waals surface area contributed by atoms with Crippen molar-refractivity contribution in [2.24, 2.45) is 11.8 Å².